The lowest BCUT2D eigenvalue weighted by Crippen LogP contribution is -2.21. The van der Waals surface area contributed by atoms with E-state index in [9.17, 15) is 0 Å². The van der Waals surface area contributed by atoms with Gasteiger partial charge in [-0.1, -0.05) is 32.4 Å². The lowest BCUT2D eigenvalue weighted by Gasteiger charge is -2.01. The Hall–Kier alpha value is -0.300. The van der Waals surface area contributed by atoms with E-state index in [0.29, 0.717) is 0 Å². The molecular weight excluding hydrogens is 122 g/mol. The van der Waals surface area contributed by atoms with Gasteiger partial charge in [0.1, 0.15) is 0 Å². The maximum absolute atomic E-state index is 6.00. The minimum Gasteiger partial charge on any atom is -0.322 e. The van der Waals surface area contributed by atoms with E-state index in [2.05, 4.69) is 26.0 Å². The molecule has 0 radical (unpaired) electrons. The van der Waals surface area contributed by atoms with Crippen molar-refractivity contribution in [3.8, 4) is 0 Å². The van der Waals surface area contributed by atoms with Gasteiger partial charge in [0, 0.05) is 5.54 Å². The van der Waals surface area contributed by atoms with Crippen molar-refractivity contribution in [1.29, 1.82) is 0 Å². The average molecular weight is 139 g/mol. The summed E-state index contributed by atoms with van der Waals surface area (Å²) in [5.41, 5.74) is 6.09. The molecule has 0 amide bonds. The predicted octanol–water partition coefficient (Wildman–Crippen LogP) is 2.08. The van der Waals surface area contributed by atoms with Crippen LogP contribution in [-0.4, -0.2) is 5.54 Å². The van der Waals surface area contributed by atoms with E-state index >= 15 is 0 Å². The molecular formula is C9H17N. The predicted molar refractivity (Wildman–Crippen MR) is 44.7 cm³/mol. The van der Waals surface area contributed by atoms with Crippen LogP contribution >= 0.6 is 0 Å². The molecule has 0 aromatic rings. The van der Waals surface area contributed by atoms with E-state index in [-0.39, 0.29) is 5.54 Å². The highest BCUT2D eigenvalue weighted by molar-refractivity contribution is 5.19. The third kappa shape index (κ3) is 1.40. The molecule has 1 aliphatic carbocycles. The first-order valence-electron chi connectivity index (χ1n) is 4.19. The van der Waals surface area contributed by atoms with Gasteiger partial charge >= 0.3 is 0 Å². The van der Waals surface area contributed by atoms with Crippen molar-refractivity contribution in [2.45, 2.75) is 38.6 Å². The Balaban J connectivity index is 2.36. The normalized spacial score (nSPS) is 38.9. The fourth-order valence-corrected chi connectivity index (χ4v) is 1.43. The molecule has 2 N–H and O–H groups in total. The fourth-order valence-electron chi connectivity index (χ4n) is 1.43. The Morgan fingerprint density at radius 2 is 2.30 bits per heavy atom. The van der Waals surface area contributed by atoms with E-state index in [4.69, 9.17) is 5.73 Å². The fraction of sp³-hybridized carbons (Fsp3) is 0.778. The van der Waals surface area contributed by atoms with Gasteiger partial charge in [0.2, 0.25) is 0 Å². The summed E-state index contributed by atoms with van der Waals surface area (Å²) in [4.78, 5) is 0. The minimum absolute atomic E-state index is 0.0881. The molecule has 0 spiro atoms. The third-order valence-electron chi connectivity index (χ3n) is 2.36. The highest BCUT2D eigenvalue weighted by Gasteiger charge is 2.46. The smallest absolute Gasteiger partial charge is 0.0371 e. The second-order valence-corrected chi connectivity index (χ2v) is 3.23. The second-order valence-electron chi connectivity index (χ2n) is 3.23. The molecule has 0 aromatic carbocycles. The van der Waals surface area contributed by atoms with Crippen molar-refractivity contribution < 1.29 is 0 Å². The molecule has 0 aliphatic heterocycles. The van der Waals surface area contributed by atoms with E-state index in [1.807, 2.05) is 0 Å². The first kappa shape index (κ1) is 7.80. The number of nitrogens with two attached hydrogens (primary N) is 1. The van der Waals surface area contributed by atoms with E-state index in [1.54, 1.807) is 0 Å². The zero-order valence-electron chi connectivity index (χ0n) is 6.93. The molecule has 1 fully saturated rings. The van der Waals surface area contributed by atoms with Crippen LogP contribution in [0.5, 0.6) is 0 Å². The minimum atomic E-state index is 0.0881. The Bertz CT molecular complexity index is 140. The summed E-state index contributed by atoms with van der Waals surface area (Å²) in [6, 6.07) is 0. The molecule has 1 nitrogen and oxygen atoms in total. The van der Waals surface area contributed by atoms with Crippen LogP contribution in [0.3, 0.4) is 0 Å². The van der Waals surface area contributed by atoms with Gasteiger partial charge in [0.05, 0.1) is 0 Å². The summed E-state index contributed by atoms with van der Waals surface area (Å²) in [5.74, 6) is 0.760. The lowest BCUT2D eigenvalue weighted by atomic mass is 10.1. The zero-order chi connectivity index (χ0) is 7.61. The molecule has 0 saturated heterocycles. The summed E-state index contributed by atoms with van der Waals surface area (Å²) in [7, 11) is 0. The highest BCUT2D eigenvalue weighted by Crippen LogP contribution is 2.44. The summed E-state index contributed by atoms with van der Waals surface area (Å²) >= 11 is 0. The van der Waals surface area contributed by atoms with Gasteiger partial charge in [-0.25, -0.2) is 0 Å². The van der Waals surface area contributed by atoms with Gasteiger partial charge in [0.15, 0.2) is 0 Å². The number of hydrogen-bond donors (Lipinski definition) is 1. The molecule has 2 atom stereocenters. The molecule has 1 saturated carbocycles. The number of rotatable bonds is 3. The molecule has 0 aromatic heterocycles. The maximum Gasteiger partial charge on any atom is 0.0371 e. The van der Waals surface area contributed by atoms with Gasteiger partial charge in [-0.2, -0.15) is 0 Å². The van der Waals surface area contributed by atoms with Crippen molar-refractivity contribution in [2.75, 3.05) is 0 Å². The topological polar surface area (TPSA) is 26.0 Å². The Morgan fingerprint density at radius 1 is 1.60 bits per heavy atom. The van der Waals surface area contributed by atoms with Crippen LogP contribution in [0.2, 0.25) is 0 Å². The molecule has 10 heavy (non-hydrogen) atoms. The quantitative estimate of drug-likeness (QED) is 0.595. The van der Waals surface area contributed by atoms with Crippen LogP contribution in [0, 0.1) is 5.92 Å². The summed E-state index contributed by atoms with van der Waals surface area (Å²) in [5, 5.41) is 0. The van der Waals surface area contributed by atoms with Crippen molar-refractivity contribution in [1.82, 2.24) is 0 Å². The number of hydrogen-bond acceptors (Lipinski definition) is 1. The van der Waals surface area contributed by atoms with Crippen molar-refractivity contribution in [3.05, 3.63) is 12.2 Å². The second kappa shape index (κ2) is 2.75. The summed E-state index contributed by atoms with van der Waals surface area (Å²) < 4.78 is 0. The monoisotopic (exact) mass is 139 g/mol. The summed E-state index contributed by atoms with van der Waals surface area (Å²) in [6.07, 6.45) is 7.89. The van der Waals surface area contributed by atoms with Crippen LogP contribution in [-0.2, 0) is 0 Å². The zero-order valence-corrected chi connectivity index (χ0v) is 6.93. The molecule has 0 heterocycles. The van der Waals surface area contributed by atoms with Crippen molar-refractivity contribution in [2.24, 2.45) is 11.7 Å². The van der Waals surface area contributed by atoms with Gasteiger partial charge in [-0.15, -0.1) is 0 Å². The molecule has 1 aliphatic rings. The SMILES string of the molecule is CC/C=C/[C@]1(N)C[C@@H]1CC. The van der Waals surface area contributed by atoms with Crippen LogP contribution < -0.4 is 5.73 Å². The van der Waals surface area contributed by atoms with Crippen molar-refractivity contribution in [3.63, 3.8) is 0 Å². The van der Waals surface area contributed by atoms with E-state index < -0.39 is 0 Å². The molecule has 1 heteroatoms. The van der Waals surface area contributed by atoms with Gasteiger partial charge in [-0.05, 0) is 18.8 Å². The first-order valence-corrected chi connectivity index (χ1v) is 4.19. The molecule has 0 unspecified atom stereocenters. The highest BCUT2D eigenvalue weighted by atomic mass is 14.8. The van der Waals surface area contributed by atoms with Gasteiger partial charge < -0.3 is 5.73 Å². The van der Waals surface area contributed by atoms with E-state index in [1.165, 1.54) is 12.8 Å². The van der Waals surface area contributed by atoms with Crippen LogP contribution in [0.25, 0.3) is 0 Å². The molecule has 58 valence electrons. The van der Waals surface area contributed by atoms with Crippen LogP contribution in [0.1, 0.15) is 33.1 Å². The largest absolute Gasteiger partial charge is 0.322 e. The van der Waals surface area contributed by atoms with Gasteiger partial charge in [-0.3, -0.25) is 0 Å². The molecule has 1 rings (SSSR count). The molecule has 0 bridgehead atoms. The van der Waals surface area contributed by atoms with Crippen LogP contribution in [0.4, 0.5) is 0 Å². The lowest BCUT2D eigenvalue weighted by molar-refractivity contribution is 0.681. The average Bonchev–Trinajstić information content (AvgIpc) is 2.59. The Morgan fingerprint density at radius 3 is 2.70 bits per heavy atom. The Labute approximate surface area is 63.3 Å². The van der Waals surface area contributed by atoms with Crippen molar-refractivity contribution >= 4 is 0 Å². The Kier molecular flexibility index (Phi) is 2.14. The maximum atomic E-state index is 6.00. The van der Waals surface area contributed by atoms with E-state index in [0.717, 1.165) is 12.3 Å². The van der Waals surface area contributed by atoms with Gasteiger partial charge in [0.25, 0.3) is 0 Å². The van der Waals surface area contributed by atoms with Crippen LogP contribution in [0.15, 0.2) is 12.2 Å². The number of allylic oxidation sites excluding steroid dienone is 1. The standard InChI is InChI=1S/C9H17N/c1-3-5-6-9(10)7-8(9)4-2/h5-6,8H,3-4,7,10H2,1-2H3/b6-5+/t8-,9-/m0/s1. The third-order valence-corrected chi connectivity index (χ3v) is 2.36. The first-order chi connectivity index (χ1) is 4.73. The summed E-state index contributed by atoms with van der Waals surface area (Å²) in [6.45, 7) is 4.35.